The number of benzene rings is 1. The van der Waals surface area contributed by atoms with Crippen LogP contribution in [0.25, 0.3) is 11.2 Å². The summed E-state index contributed by atoms with van der Waals surface area (Å²) in [6.07, 6.45) is 5.76. The van der Waals surface area contributed by atoms with E-state index < -0.39 is 45.3 Å². The first-order chi connectivity index (χ1) is 24.9. The number of ether oxygens (including phenoxy) is 8. The van der Waals surface area contributed by atoms with Gasteiger partial charge in [-0.3, -0.25) is 14.0 Å². The van der Waals surface area contributed by atoms with Gasteiger partial charge in [0.25, 0.3) is 0 Å². The molecule has 52 heavy (non-hydrogen) atoms. The van der Waals surface area contributed by atoms with Crippen LogP contribution in [0.3, 0.4) is 0 Å². The fraction of sp³-hybridized carbons (Fsp3) is 0.594. The van der Waals surface area contributed by atoms with Crippen molar-refractivity contribution in [1.29, 1.82) is 0 Å². The second-order valence-corrected chi connectivity index (χ2v) is 15.0. The van der Waals surface area contributed by atoms with E-state index in [-0.39, 0.29) is 24.7 Å². The van der Waals surface area contributed by atoms with Gasteiger partial charge in [0.1, 0.15) is 28.5 Å². The zero-order valence-corrected chi connectivity index (χ0v) is 30.6. The van der Waals surface area contributed by atoms with E-state index in [0.29, 0.717) is 47.6 Å². The van der Waals surface area contributed by atoms with Gasteiger partial charge in [0, 0.05) is 4.90 Å². The Balaban J connectivity index is 1.30. The second-order valence-electron chi connectivity index (χ2n) is 12.3. The van der Waals surface area contributed by atoms with Gasteiger partial charge in [-0.15, -0.1) is 0 Å². The molecule has 1 aromatic carbocycles. The van der Waals surface area contributed by atoms with E-state index in [1.807, 2.05) is 12.1 Å². The standard InChI is InChI=1S/C32H44N5O13PS/c1-21(17-37-18-34-26-27(37)35-29(33)36-28(26)52-25-15-13-22(43-2)14-16-25)50-32(51(40,41)42,46-19-44-30(38)48-23-9-5-3-6-10-23)47-20-45-31(39)49-24-11-7-4-8-12-24/h13-16,18,21,23-24H,3-12,17,19-20H2,1-2H3,(H2,33,35,36)(H2,40,41,42). The van der Waals surface area contributed by atoms with E-state index in [0.717, 1.165) is 43.4 Å². The minimum absolute atomic E-state index is 0.0374. The van der Waals surface area contributed by atoms with E-state index in [9.17, 15) is 23.9 Å². The first-order valence-corrected chi connectivity index (χ1v) is 19.4. The van der Waals surface area contributed by atoms with Crippen molar-refractivity contribution in [2.75, 3.05) is 26.4 Å². The van der Waals surface area contributed by atoms with Crippen LogP contribution in [0.2, 0.25) is 0 Å². The summed E-state index contributed by atoms with van der Waals surface area (Å²) < 4.78 is 56.7. The highest BCUT2D eigenvalue weighted by molar-refractivity contribution is 7.99. The maximum atomic E-state index is 13.0. The number of rotatable bonds is 16. The third-order valence-corrected chi connectivity index (χ3v) is 10.4. The molecule has 0 bridgehead atoms. The van der Waals surface area contributed by atoms with Gasteiger partial charge in [0.05, 0.1) is 26.1 Å². The number of anilines is 1. The molecule has 2 aliphatic carbocycles. The van der Waals surface area contributed by atoms with Crippen molar-refractivity contribution in [3.8, 4) is 5.75 Å². The van der Waals surface area contributed by atoms with Gasteiger partial charge in [0.15, 0.2) is 5.65 Å². The minimum Gasteiger partial charge on any atom is -0.497 e. The molecule has 2 aromatic heterocycles. The van der Waals surface area contributed by atoms with E-state index in [1.165, 1.54) is 29.6 Å². The molecule has 3 aromatic rings. The number of hydrogen-bond donors (Lipinski definition) is 3. The SMILES string of the molecule is COc1ccc(Sc2nc(N)nc3c2ncn3CC(C)OC(OCOC(=O)OC2CCCCC2)(OCOC(=O)OC2CCCCC2)P(=O)(O)O)cc1. The average molecular weight is 770 g/mol. The zero-order chi connectivity index (χ0) is 37.1. The Morgan fingerprint density at radius 3 is 2.02 bits per heavy atom. The lowest BCUT2D eigenvalue weighted by Crippen LogP contribution is -2.44. The topological polar surface area (TPSA) is 235 Å². The molecule has 1 atom stereocenters. The number of nitrogens with zero attached hydrogens (tertiary/aromatic N) is 4. The Morgan fingerprint density at radius 1 is 0.942 bits per heavy atom. The van der Waals surface area contributed by atoms with Crippen LogP contribution >= 0.6 is 19.4 Å². The van der Waals surface area contributed by atoms with E-state index in [1.54, 1.807) is 19.2 Å². The highest BCUT2D eigenvalue weighted by Crippen LogP contribution is 2.53. The summed E-state index contributed by atoms with van der Waals surface area (Å²) in [5.74, 6) is 0.649. The summed E-state index contributed by atoms with van der Waals surface area (Å²) in [6.45, 7) is -0.723. The molecule has 4 N–H and O–H groups in total. The Bertz CT molecular complexity index is 1640. The van der Waals surface area contributed by atoms with Crippen molar-refractivity contribution in [3.63, 3.8) is 0 Å². The lowest BCUT2D eigenvalue weighted by molar-refractivity contribution is -0.376. The van der Waals surface area contributed by atoms with Crippen molar-refractivity contribution in [1.82, 2.24) is 19.5 Å². The predicted molar refractivity (Wildman–Crippen MR) is 183 cm³/mol. The largest absolute Gasteiger partial charge is 0.510 e. The van der Waals surface area contributed by atoms with E-state index >= 15 is 0 Å². The Kier molecular flexibility index (Phi) is 13.9. The molecular formula is C32H44N5O13PS. The molecule has 20 heteroatoms. The maximum absolute atomic E-state index is 13.0. The van der Waals surface area contributed by atoms with Crippen LogP contribution in [0.1, 0.15) is 71.1 Å². The van der Waals surface area contributed by atoms with Crippen LogP contribution in [0, 0.1) is 0 Å². The predicted octanol–water partition coefficient (Wildman–Crippen LogP) is 5.68. The maximum Gasteiger partial charge on any atom is 0.510 e. The normalized spacial score (nSPS) is 16.7. The van der Waals surface area contributed by atoms with E-state index in [2.05, 4.69) is 15.0 Å². The minimum atomic E-state index is -5.56. The summed E-state index contributed by atoms with van der Waals surface area (Å²) >= 11 is 1.30. The van der Waals surface area contributed by atoms with Gasteiger partial charge < -0.3 is 48.5 Å². The van der Waals surface area contributed by atoms with Crippen molar-refractivity contribution < 1.29 is 61.8 Å². The van der Waals surface area contributed by atoms with Crippen LogP contribution < -0.4 is 10.5 Å². The number of carbonyl (C=O) groups excluding carboxylic acids is 2. The summed E-state index contributed by atoms with van der Waals surface area (Å²) in [5.41, 5.74) is 3.56. The summed E-state index contributed by atoms with van der Waals surface area (Å²) in [7, 11) is -3.99. The molecule has 0 spiro atoms. The van der Waals surface area contributed by atoms with Gasteiger partial charge in [-0.1, -0.05) is 24.6 Å². The van der Waals surface area contributed by atoms with Gasteiger partial charge in [-0.25, -0.2) is 19.6 Å². The number of hydrogen-bond acceptors (Lipinski definition) is 16. The molecule has 1 unspecified atom stereocenters. The van der Waals surface area contributed by atoms with Crippen molar-refractivity contribution in [3.05, 3.63) is 30.6 Å². The van der Waals surface area contributed by atoms with Gasteiger partial charge in [-0.2, -0.15) is 4.98 Å². The number of imidazole rings is 1. The molecular weight excluding hydrogens is 725 g/mol. The molecule has 0 aliphatic heterocycles. The molecule has 5 rings (SSSR count). The molecule has 0 radical (unpaired) electrons. The average Bonchev–Trinajstić information content (AvgIpc) is 3.50. The summed E-state index contributed by atoms with van der Waals surface area (Å²) in [6, 6.07) is 7.30. The molecule has 2 heterocycles. The monoisotopic (exact) mass is 769 g/mol. The Morgan fingerprint density at radius 2 is 1.50 bits per heavy atom. The fourth-order valence-electron chi connectivity index (χ4n) is 5.82. The summed E-state index contributed by atoms with van der Waals surface area (Å²) in [4.78, 5) is 59.7. The number of carbonyl (C=O) groups is 2. The van der Waals surface area contributed by atoms with Gasteiger partial charge in [-0.05, 0) is 82.6 Å². The Hall–Kier alpha value is -3.71. The van der Waals surface area contributed by atoms with Crippen molar-refractivity contribution in [2.24, 2.45) is 0 Å². The smallest absolute Gasteiger partial charge is 0.497 e. The van der Waals surface area contributed by atoms with E-state index in [4.69, 9.17) is 43.6 Å². The highest BCUT2D eigenvalue weighted by atomic mass is 32.2. The lowest BCUT2D eigenvalue weighted by atomic mass is 9.98. The number of nitrogens with two attached hydrogens (primary N) is 1. The van der Waals surface area contributed by atoms with Crippen molar-refractivity contribution in [2.45, 2.75) is 112 Å². The van der Waals surface area contributed by atoms with Crippen LogP contribution in [-0.4, -0.2) is 86.3 Å². The summed E-state index contributed by atoms with van der Waals surface area (Å²) in [5, 5.41) is 0.464. The molecule has 2 aliphatic rings. The molecule has 286 valence electrons. The second kappa shape index (κ2) is 18.4. The fourth-order valence-corrected chi connectivity index (χ4v) is 7.45. The number of nitrogen functional groups attached to an aromatic ring is 1. The first-order valence-electron chi connectivity index (χ1n) is 16.9. The third kappa shape index (κ3) is 10.9. The quantitative estimate of drug-likeness (QED) is 0.0687. The molecule has 18 nitrogen and oxygen atoms in total. The van der Waals surface area contributed by atoms with Gasteiger partial charge >= 0.3 is 25.6 Å². The number of methoxy groups -OCH3 is 1. The van der Waals surface area contributed by atoms with Crippen molar-refractivity contribution >= 4 is 48.8 Å². The molecule has 0 amide bonds. The molecule has 0 saturated heterocycles. The van der Waals surface area contributed by atoms with Crippen LogP contribution in [0.5, 0.6) is 5.75 Å². The Labute approximate surface area is 304 Å². The van der Waals surface area contributed by atoms with Crippen LogP contribution in [0.15, 0.2) is 40.5 Å². The van der Waals surface area contributed by atoms with Gasteiger partial charge in [0.2, 0.25) is 19.5 Å². The number of fused-ring (bicyclic) bond motifs is 1. The zero-order valence-electron chi connectivity index (χ0n) is 28.9. The number of aromatic nitrogens is 4. The third-order valence-electron chi connectivity index (χ3n) is 8.35. The molecule has 2 saturated carbocycles. The van der Waals surface area contributed by atoms with Crippen LogP contribution in [-0.2, 0) is 44.3 Å². The van der Waals surface area contributed by atoms with Crippen LogP contribution in [0.4, 0.5) is 15.5 Å². The first kappa shape index (κ1) is 39.5. The molecule has 2 fully saturated rings. The highest BCUT2D eigenvalue weighted by Gasteiger charge is 2.54. The lowest BCUT2D eigenvalue weighted by Gasteiger charge is -2.34.